The smallest absolute Gasteiger partial charge is 0.343 e. The van der Waals surface area contributed by atoms with Crippen molar-refractivity contribution in [2.75, 3.05) is 13.1 Å². The van der Waals surface area contributed by atoms with Crippen molar-refractivity contribution in [2.24, 2.45) is 0 Å². The first-order valence-electron chi connectivity index (χ1n) is 5.04. The maximum absolute atomic E-state index is 11.6. The first-order valence-corrected chi connectivity index (χ1v) is 5.83. The van der Waals surface area contributed by atoms with Gasteiger partial charge in [0.2, 0.25) is 0 Å². The second kappa shape index (κ2) is 6.89. The topological polar surface area (TPSA) is 42.9 Å². The van der Waals surface area contributed by atoms with Gasteiger partial charge in [0.25, 0.3) is 0 Å². The van der Waals surface area contributed by atoms with Crippen LogP contribution in [0.15, 0.2) is 41.1 Å². The van der Waals surface area contributed by atoms with Crippen molar-refractivity contribution < 1.29 is 14.8 Å². The van der Waals surface area contributed by atoms with Crippen LogP contribution in [0.4, 0.5) is 0 Å². The maximum Gasteiger partial charge on any atom is 0.343 e. The average Bonchev–Trinajstić information content (AvgIpc) is 2.30. The molecular weight excluding hydrogens is 282 g/mol. The minimum atomic E-state index is -0.406. The molecule has 2 N–H and O–H groups in total. The van der Waals surface area contributed by atoms with E-state index in [0.717, 1.165) is 4.47 Å². The van der Waals surface area contributed by atoms with Crippen molar-refractivity contribution in [3.05, 3.63) is 46.6 Å². The fourth-order valence-corrected chi connectivity index (χ4v) is 1.40. The first kappa shape index (κ1) is 13.5. The van der Waals surface area contributed by atoms with Crippen LogP contribution in [0.5, 0.6) is 0 Å². The van der Waals surface area contributed by atoms with Crippen LogP contribution in [0.2, 0.25) is 0 Å². The molecule has 0 aliphatic heterocycles. The summed E-state index contributed by atoms with van der Waals surface area (Å²) in [4.78, 5) is 11.6. The van der Waals surface area contributed by atoms with Gasteiger partial charge < -0.3 is 10.1 Å². The summed E-state index contributed by atoms with van der Waals surface area (Å²) in [5.41, 5.74) is 0.492. The zero-order valence-corrected chi connectivity index (χ0v) is 10.9. The van der Waals surface area contributed by atoms with Gasteiger partial charge >= 0.3 is 5.97 Å². The van der Waals surface area contributed by atoms with Crippen molar-refractivity contribution in [1.29, 1.82) is 0 Å². The molecule has 0 heterocycles. The summed E-state index contributed by atoms with van der Waals surface area (Å²) < 4.78 is 5.99. The van der Waals surface area contributed by atoms with Gasteiger partial charge in [-0.05, 0) is 30.2 Å². The molecule has 1 aromatic rings. The van der Waals surface area contributed by atoms with Crippen LogP contribution in [-0.2, 0) is 4.74 Å². The zero-order chi connectivity index (χ0) is 12.7. The highest BCUT2D eigenvalue weighted by molar-refractivity contribution is 9.10. The van der Waals surface area contributed by atoms with Crippen molar-refractivity contribution in [2.45, 2.75) is 0 Å². The highest BCUT2D eigenvalue weighted by Gasteiger charge is 2.09. The van der Waals surface area contributed by atoms with E-state index in [1.165, 1.54) is 0 Å². The summed E-state index contributed by atoms with van der Waals surface area (Å²) in [7, 11) is 0. The monoisotopic (exact) mass is 294 g/mol. The Morgan fingerprint density at radius 3 is 2.71 bits per heavy atom. The Hall–Kier alpha value is -1.57. The molecule has 0 radical (unpaired) electrons. The van der Waals surface area contributed by atoms with E-state index in [4.69, 9.17) is 11.2 Å². The number of nitrogens with two attached hydrogens (primary N) is 1. The van der Waals surface area contributed by atoms with Crippen molar-refractivity contribution >= 4 is 21.9 Å². The summed E-state index contributed by atoms with van der Waals surface area (Å²) in [6, 6.07) is 6.93. The number of benzene rings is 1. The molecule has 0 fully saturated rings. The number of hydrogen-bond donors (Lipinski definition) is 1. The third kappa shape index (κ3) is 4.85. The van der Waals surface area contributed by atoms with Gasteiger partial charge in [-0.2, -0.15) is 0 Å². The number of esters is 1. The lowest BCUT2D eigenvalue weighted by molar-refractivity contribution is -0.639. The van der Waals surface area contributed by atoms with Crippen LogP contribution in [0, 0.1) is 12.3 Å². The van der Waals surface area contributed by atoms with Gasteiger partial charge in [-0.25, -0.2) is 4.79 Å². The number of hydrogen-bond acceptors (Lipinski definition) is 2. The van der Waals surface area contributed by atoms with Gasteiger partial charge in [-0.1, -0.05) is 22.5 Å². The van der Waals surface area contributed by atoms with Crippen LogP contribution in [0.1, 0.15) is 10.4 Å². The predicted octanol–water partition coefficient (Wildman–Crippen LogP) is 1.32. The van der Waals surface area contributed by atoms with E-state index in [1.54, 1.807) is 24.3 Å². The van der Waals surface area contributed by atoms with E-state index in [1.807, 2.05) is 5.32 Å². The second-order valence-corrected chi connectivity index (χ2v) is 4.25. The van der Waals surface area contributed by atoms with E-state index in [2.05, 4.69) is 28.4 Å². The normalized spacial score (nSPS) is 9.41. The van der Waals surface area contributed by atoms with Gasteiger partial charge in [-0.15, -0.1) is 6.42 Å². The Labute approximate surface area is 109 Å². The third-order valence-electron chi connectivity index (χ3n) is 1.95. The fraction of sp³-hybridized carbons (Fsp3) is 0.154. The molecule has 0 saturated heterocycles. The van der Waals surface area contributed by atoms with E-state index in [0.29, 0.717) is 24.4 Å². The van der Waals surface area contributed by atoms with E-state index in [-0.39, 0.29) is 0 Å². The maximum atomic E-state index is 11.6. The molecule has 0 aromatic heterocycles. The minimum absolute atomic E-state index is 0.396. The number of carbonyl (C=O) groups excluding carboxylic acids is 1. The van der Waals surface area contributed by atoms with Crippen molar-refractivity contribution in [3.8, 4) is 12.3 Å². The molecule has 88 valence electrons. The molecular formula is C13H13BrNO2+. The predicted molar refractivity (Wildman–Crippen MR) is 69.2 cm³/mol. The Kier molecular flexibility index (Phi) is 5.47. The molecule has 3 nitrogen and oxygen atoms in total. The van der Waals surface area contributed by atoms with E-state index < -0.39 is 5.97 Å². The fourth-order valence-electron chi connectivity index (χ4n) is 1.13. The number of rotatable bonds is 5. The van der Waals surface area contributed by atoms with Crippen LogP contribution < -0.4 is 5.32 Å². The Morgan fingerprint density at radius 1 is 1.47 bits per heavy atom. The number of quaternary nitrogens is 1. The molecule has 0 bridgehead atoms. The number of carbonyl (C=O) groups is 1. The van der Waals surface area contributed by atoms with Crippen molar-refractivity contribution in [1.82, 2.24) is 0 Å². The molecule has 4 heteroatoms. The molecule has 0 amide bonds. The standard InChI is InChI=1S/C13H12BrNO2/c1-3-8-15-9-10(2)17-13(16)11-4-6-12(14)7-5-11/h1,4-7,15H,2,8-9H2/p+1. The minimum Gasteiger partial charge on any atom is -0.422 e. The van der Waals surface area contributed by atoms with Crippen LogP contribution >= 0.6 is 15.9 Å². The highest BCUT2D eigenvalue weighted by atomic mass is 79.9. The molecule has 1 aromatic carbocycles. The summed E-state index contributed by atoms with van der Waals surface area (Å²) in [5, 5.41) is 1.83. The SMILES string of the molecule is C#CC[NH2+]CC(=C)OC(=O)c1ccc(Br)cc1. The number of halogens is 1. The average molecular weight is 295 g/mol. The number of terminal acetylenes is 1. The van der Waals surface area contributed by atoms with Gasteiger partial charge in [0, 0.05) is 4.47 Å². The molecule has 0 aliphatic carbocycles. The third-order valence-corrected chi connectivity index (χ3v) is 2.48. The Bertz CT molecular complexity index is 445. The molecule has 0 aliphatic rings. The Morgan fingerprint density at radius 2 is 2.12 bits per heavy atom. The lowest BCUT2D eigenvalue weighted by atomic mass is 10.2. The summed E-state index contributed by atoms with van der Waals surface area (Å²) >= 11 is 3.29. The molecule has 17 heavy (non-hydrogen) atoms. The Balaban J connectivity index is 2.47. The van der Waals surface area contributed by atoms with Crippen LogP contribution in [0.25, 0.3) is 0 Å². The first-order chi connectivity index (χ1) is 8.13. The highest BCUT2D eigenvalue weighted by Crippen LogP contribution is 2.11. The van der Waals surface area contributed by atoms with E-state index in [9.17, 15) is 4.79 Å². The molecule has 0 saturated carbocycles. The summed E-state index contributed by atoms with van der Waals surface area (Å²) in [6.07, 6.45) is 5.10. The molecule has 0 atom stereocenters. The van der Waals surface area contributed by atoms with Crippen LogP contribution in [0.3, 0.4) is 0 Å². The zero-order valence-electron chi connectivity index (χ0n) is 9.28. The molecule has 0 spiro atoms. The van der Waals surface area contributed by atoms with Gasteiger partial charge in [-0.3, -0.25) is 0 Å². The quantitative estimate of drug-likeness (QED) is 0.385. The van der Waals surface area contributed by atoms with Gasteiger partial charge in [0.1, 0.15) is 13.1 Å². The van der Waals surface area contributed by atoms with E-state index >= 15 is 0 Å². The van der Waals surface area contributed by atoms with Crippen LogP contribution in [-0.4, -0.2) is 19.1 Å². The van der Waals surface area contributed by atoms with Gasteiger partial charge in [0.05, 0.1) is 5.56 Å². The summed E-state index contributed by atoms with van der Waals surface area (Å²) in [6.45, 7) is 4.67. The number of ether oxygens (including phenoxy) is 1. The lowest BCUT2D eigenvalue weighted by Crippen LogP contribution is -2.84. The molecule has 0 unspecified atom stereocenters. The van der Waals surface area contributed by atoms with Crippen molar-refractivity contribution in [3.63, 3.8) is 0 Å². The lowest BCUT2D eigenvalue weighted by Gasteiger charge is -2.05. The van der Waals surface area contributed by atoms with Gasteiger partial charge in [0.15, 0.2) is 5.76 Å². The summed E-state index contributed by atoms with van der Waals surface area (Å²) in [5.74, 6) is 2.46. The largest absolute Gasteiger partial charge is 0.422 e. The second-order valence-electron chi connectivity index (χ2n) is 3.34. The molecule has 1 rings (SSSR count).